The number of pyridine rings is 1. The number of aromatic nitrogens is 3. The second kappa shape index (κ2) is 11.6. The Hall–Kier alpha value is -6.39. The molecule has 51 heavy (non-hydrogen) atoms. The normalized spacial score (nSPS) is 18.1. The molecule has 242 valence electrons. The molecule has 2 aliphatic carbocycles. The lowest BCUT2D eigenvalue weighted by Crippen LogP contribution is -2.34. The van der Waals surface area contributed by atoms with Crippen molar-refractivity contribution in [2.24, 2.45) is 5.92 Å². The quantitative estimate of drug-likeness (QED) is 0.189. The Labute approximate surface area is 297 Å². The molecule has 0 saturated heterocycles. The summed E-state index contributed by atoms with van der Waals surface area (Å²) >= 11 is 0. The summed E-state index contributed by atoms with van der Waals surface area (Å²) in [7, 11) is 0. The van der Waals surface area contributed by atoms with E-state index in [9.17, 15) is 0 Å². The lowest BCUT2D eigenvalue weighted by molar-refractivity contribution is 0.429. The summed E-state index contributed by atoms with van der Waals surface area (Å²) in [5.74, 6) is 2.91. The molecular weight excluding hydrogens is 623 g/mol. The fraction of sp³-hybridized carbons (Fsp3) is 0.0851. The summed E-state index contributed by atoms with van der Waals surface area (Å²) in [6.45, 7) is 2.32. The maximum Gasteiger partial charge on any atom is 0.160 e. The van der Waals surface area contributed by atoms with Crippen LogP contribution in [0.1, 0.15) is 35.6 Å². The van der Waals surface area contributed by atoms with Gasteiger partial charge in [-0.3, -0.25) is 4.98 Å². The van der Waals surface area contributed by atoms with Crippen molar-refractivity contribution >= 4 is 5.57 Å². The lowest BCUT2D eigenvalue weighted by atomic mass is 9.63. The summed E-state index contributed by atoms with van der Waals surface area (Å²) in [5.41, 5.74) is 13.9. The minimum absolute atomic E-state index is 0.433. The topological polar surface area (TPSA) is 47.9 Å². The number of allylic oxidation sites excluding steroid dienone is 4. The molecule has 0 N–H and O–H groups in total. The van der Waals surface area contributed by atoms with E-state index in [1.165, 1.54) is 33.4 Å². The largest absolute Gasteiger partial charge is 0.457 e. The summed E-state index contributed by atoms with van der Waals surface area (Å²) in [5, 5.41) is 0. The first-order valence-corrected chi connectivity index (χ1v) is 17.6. The van der Waals surface area contributed by atoms with Gasteiger partial charge in [-0.15, -0.1) is 0 Å². The molecular formula is C47H33N3O. The number of nitrogens with zero attached hydrogens (tertiary/aromatic N) is 3. The molecule has 2 atom stereocenters. The number of fused-ring (bicyclic) bond motifs is 8. The summed E-state index contributed by atoms with van der Waals surface area (Å²) < 4.78 is 6.75. The molecule has 10 rings (SSSR count). The average molecular weight is 656 g/mol. The molecule has 3 heterocycles. The van der Waals surface area contributed by atoms with E-state index in [-0.39, 0.29) is 0 Å². The number of hydrogen-bond acceptors (Lipinski definition) is 4. The van der Waals surface area contributed by atoms with Crippen LogP contribution >= 0.6 is 0 Å². The fourth-order valence-electron chi connectivity index (χ4n) is 8.41. The van der Waals surface area contributed by atoms with E-state index >= 15 is 0 Å². The molecule has 0 bridgehead atoms. The van der Waals surface area contributed by atoms with Crippen molar-refractivity contribution in [2.75, 3.05) is 0 Å². The molecule has 3 aliphatic rings. The molecule has 1 spiro atoms. The molecule has 4 heteroatoms. The van der Waals surface area contributed by atoms with Gasteiger partial charge < -0.3 is 4.74 Å². The monoisotopic (exact) mass is 655 g/mol. The minimum Gasteiger partial charge on any atom is -0.457 e. The van der Waals surface area contributed by atoms with Crippen LogP contribution in [0.15, 0.2) is 170 Å². The van der Waals surface area contributed by atoms with Crippen molar-refractivity contribution in [3.05, 3.63) is 192 Å². The molecule has 4 nitrogen and oxygen atoms in total. The maximum atomic E-state index is 6.75. The van der Waals surface area contributed by atoms with Crippen molar-refractivity contribution < 1.29 is 4.74 Å². The Balaban J connectivity index is 1.20. The third kappa shape index (κ3) is 4.56. The van der Waals surface area contributed by atoms with Crippen LogP contribution in [0, 0.1) is 5.92 Å². The second-order valence-corrected chi connectivity index (χ2v) is 13.6. The van der Waals surface area contributed by atoms with Crippen LogP contribution in [0.4, 0.5) is 0 Å². The van der Waals surface area contributed by atoms with Gasteiger partial charge in [0.05, 0.1) is 22.5 Å². The number of para-hydroxylation sites is 1. The highest BCUT2D eigenvalue weighted by Crippen LogP contribution is 2.63. The van der Waals surface area contributed by atoms with Gasteiger partial charge in [0.1, 0.15) is 11.5 Å². The summed E-state index contributed by atoms with van der Waals surface area (Å²) in [4.78, 5) is 14.8. The molecule has 5 aromatic carbocycles. The molecule has 0 radical (unpaired) electrons. The van der Waals surface area contributed by atoms with Crippen molar-refractivity contribution in [1.82, 2.24) is 15.0 Å². The van der Waals surface area contributed by atoms with E-state index in [1.807, 2.05) is 36.4 Å². The summed E-state index contributed by atoms with van der Waals surface area (Å²) in [6.07, 6.45) is 7.50. The zero-order chi connectivity index (χ0) is 33.9. The van der Waals surface area contributed by atoms with E-state index in [4.69, 9.17) is 14.7 Å². The first-order valence-electron chi connectivity index (χ1n) is 17.6. The number of rotatable bonds is 4. The maximum absolute atomic E-state index is 6.75. The molecule has 1 aliphatic heterocycles. The van der Waals surface area contributed by atoms with Crippen LogP contribution in [0.5, 0.6) is 11.5 Å². The predicted molar refractivity (Wildman–Crippen MR) is 204 cm³/mol. The first kappa shape index (κ1) is 29.5. The van der Waals surface area contributed by atoms with E-state index in [1.54, 1.807) is 6.20 Å². The molecule has 2 aromatic heterocycles. The number of benzene rings is 5. The van der Waals surface area contributed by atoms with Gasteiger partial charge in [0.2, 0.25) is 0 Å². The predicted octanol–water partition coefficient (Wildman–Crippen LogP) is 11.3. The third-order valence-corrected chi connectivity index (χ3v) is 10.6. The first-order chi connectivity index (χ1) is 25.2. The third-order valence-electron chi connectivity index (χ3n) is 10.6. The van der Waals surface area contributed by atoms with Crippen LogP contribution in [-0.4, -0.2) is 15.0 Å². The van der Waals surface area contributed by atoms with Crippen molar-refractivity contribution in [3.8, 4) is 56.7 Å². The minimum atomic E-state index is -0.471. The average Bonchev–Trinajstić information content (AvgIpc) is 3.48. The SMILES string of the molecule is CC1C=CC2=C(C1)C1(c3ccccc3Oc3ccc(-c4ccccc4-c4cc(-c5ccccn5)nc(-c5ccccc5)n4)cc31)c1ccccc12. The van der Waals surface area contributed by atoms with Gasteiger partial charge in [-0.25, -0.2) is 9.97 Å². The van der Waals surface area contributed by atoms with Gasteiger partial charge in [-0.05, 0) is 82.1 Å². The molecule has 0 amide bonds. The van der Waals surface area contributed by atoms with Crippen molar-refractivity contribution in [1.29, 1.82) is 0 Å². The zero-order valence-electron chi connectivity index (χ0n) is 28.1. The van der Waals surface area contributed by atoms with Gasteiger partial charge in [0, 0.05) is 28.5 Å². The van der Waals surface area contributed by atoms with E-state index in [0.29, 0.717) is 11.7 Å². The Morgan fingerprint density at radius 2 is 1.27 bits per heavy atom. The Kier molecular flexibility index (Phi) is 6.72. The Morgan fingerprint density at radius 3 is 2.12 bits per heavy atom. The molecule has 7 aromatic rings. The van der Waals surface area contributed by atoms with E-state index in [0.717, 1.165) is 57.3 Å². The van der Waals surface area contributed by atoms with E-state index in [2.05, 4.69) is 133 Å². The zero-order valence-corrected chi connectivity index (χ0v) is 28.1. The Bertz CT molecular complexity index is 2500. The second-order valence-electron chi connectivity index (χ2n) is 13.6. The van der Waals surface area contributed by atoms with Gasteiger partial charge in [0.15, 0.2) is 5.82 Å². The van der Waals surface area contributed by atoms with E-state index < -0.39 is 5.41 Å². The van der Waals surface area contributed by atoms with Gasteiger partial charge in [-0.1, -0.05) is 128 Å². The van der Waals surface area contributed by atoms with Crippen LogP contribution in [0.25, 0.3) is 50.7 Å². The van der Waals surface area contributed by atoms with Crippen LogP contribution in [0.3, 0.4) is 0 Å². The van der Waals surface area contributed by atoms with Crippen LogP contribution in [0.2, 0.25) is 0 Å². The van der Waals surface area contributed by atoms with Crippen LogP contribution in [-0.2, 0) is 5.41 Å². The standard InChI is InChI=1S/C47H33N3O/c1-30-22-24-35-34-16-7-8-18-37(34)47(39(35)27-30)38-19-9-10-21-44(38)51-45-25-23-32(28-40(45)47)33-15-5-6-17-36(33)42-29-43(41-20-11-12-26-48-41)50-46(49-42)31-13-3-2-4-14-31/h2-26,28-30H,27H2,1H3. The van der Waals surface area contributed by atoms with Crippen molar-refractivity contribution in [3.63, 3.8) is 0 Å². The summed E-state index contributed by atoms with van der Waals surface area (Å²) in [6, 6.07) is 51.0. The molecule has 2 unspecified atom stereocenters. The molecule has 0 saturated carbocycles. The fourth-order valence-corrected chi connectivity index (χ4v) is 8.41. The molecule has 0 fully saturated rings. The Morgan fingerprint density at radius 1 is 0.569 bits per heavy atom. The highest BCUT2D eigenvalue weighted by Gasteiger charge is 2.52. The van der Waals surface area contributed by atoms with Crippen molar-refractivity contribution in [2.45, 2.75) is 18.8 Å². The highest BCUT2D eigenvalue weighted by atomic mass is 16.5. The van der Waals surface area contributed by atoms with Gasteiger partial charge >= 0.3 is 0 Å². The van der Waals surface area contributed by atoms with Crippen LogP contribution < -0.4 is 4.74 Å². The smallest absolute Gasteiger partial charge is 0.160 e. The van der Waals surface area contributed by atoms with Gasteiger partial charge in [-0.2, -0.15) is 0 Å². The number of ether oxygens (including phenoxy) is 1. The van der Waals surface area contributed by atoms with Gasteiger partial charge in [0.25, 0.3) is 0 Å². The highest BCUT2D eigenvalue weighted by molar-refractivity contribution is 5.93. The lowest BCUT2D eigenvalue weighted by Gasteiger charge is -2.42. The number of hydrogen-bond donors (Lipinski definition) is 0.